The van der Waals surface area contributed by atoms with Gasteiger partial charge in [-0.05, 0) is 6.42 Å². The summed E-state index contributed by atoms with van der Waals surface area (Å²) in [6.07, 6.45) is 7.61. The highest BCUT2D eigenvalue weighted by Crippen LogP contribution is 2.33. The van der Waals surface area contributed by atoms with Crippen LogP contribution in [0.3, 0.4) is 0 Å². The third-order valence-electron chi connectivity index (χ3n) is 3.45. The first-order chi connectivity index (χ1) is 8.79. The lowest BCUT2D eigenvalue weighted by molar-refractivity contribution is 0.184. The minimum Gasteiger partial charge on any atom is -0.396 e. The van der Waals surface area contributed by atoms with E-state index in [9.17, 15) is 5.11 Å². The maximum atomic E-state index is 9.91. The van der Waals surface area contributed by atoms with E-state index < -0.39 is 6.10 Å². The Morgan fingerprint density at radius 3 is 3.11 bits per heavy atom. The molecular formula is C12H16N4O2. The van der Waals surface area contributed by atoms with Crippen LogP contribution in [0.5, 0.6) is 0 Å². The van der Waals surface area contributed by atoms with Gasteiger partial charge in [0, 0.05) is 12.5 Å². The number of nitrogens with zero attached hydrogens (tertiary/aromatic N) is 3. The van der Waals surface area contributed by atoms with Crippen molar-refractivity contribution in [2.45, 2.75) is 18.6 Å². The van der Waals surface area contributed by atoms with Gasteiger partial charge in [-0.15, -0.1) is 0 Å². The molecule has 0 spiro atoms. The van der Waals surface area contributed by atoms with Crippen molar-refractivity contribution in [2.24, 2.45) is 10.9 Å². The first-order valence-electron chi connectivity index (χ1n) is 6.08. The van der Waals surface area contributed by atoms with Crippen molar-refractivity contribution in [1.82, 2.24) is 9.55 Å². The average Bonchev–Trinajstić information content (AvgIpc) is 2.96. The van der Waals surface area contributed by atoms with Crippen LogP contribution in [0.4, 0.5) is 5.82 Å². The summed E-state index contributed by atoms with van der Waals surface area (Å²) in [6.45, 7) is 0.498. The standard InChI is InChI=1S/C12H16N4O2/c17-5-8-1-2-9(3-8)16-7-15-11-10(18)4-13-6-14-12(11)16/h1-2,6-10,17-18H,3-5H2,(H,13,14)/t8-,9+,10?/m1/s1. The van der Waals surface area contributed by atoms with Gasteiger partial charge in [-0.25, -0.2) is 4.98 Å². The van der Waals surface area contributed by atoms with E-state index in [-0.39, 0.29) is 18.6 Å². The maximum absolute atomic E-state index is 9.91. The Hall–Kier alpha value is -1.66. The van der Waals surface area contributed by atoms with Crippen molar-refractivity contribution in [1.29, 1.82) is 0 Å². The second-order valence-electron chi connectivity index (χ2n) is 4.67. The summed E-state index contributed by atoms with van der Waals surface area (Å²) in [5.41, 5.74) is 0.633. The van der Waals surface area contributed by atoms with E-state index in [1.54, 1.807) is 12.7 Å². The largest absolute Gasteiger partial charge is 0.396 e. The van der Waals surface area contributed by atoms with Gasteiger partial charge in [0.05, 0.1) is 25.3 Å². The Balaban J connectivity index is 1.91. The van der Waals surface area contributed by atoms with E-state index in [4.69, 9.17) is 5.11 Å². The van der Waals surface area contributed by atoms with Gasteiger partial charge in [-0.3, -0.25) is 4.99 Å². The molecule has 0 saturated carbocycles. The number of aliphatic imine (C=N–C) groups is 1. The lowest BCUT2D eigenvalue weighted by Gasteiger charge is -2.15. The molecule has 3 rings (SSSR count). The topological polar surface area (TPSA) is 82.7 Å². The molecule has 6 heteroatoms. The lowest BCUT2D eigenvalue weighted by Crippen LogP contribution is -2.11. The number of rotatable bonds is 2. The fourth-order valence-electron chi connectivity index (χ4n) is 2.46. The van der Waals surface area contributed by atoms with Crippen molar-refractivity contribution in [3.05, 3.63) is 24.2 Å². The monoisotopic (exact) mass is 248 g/mol. The number of aliphatic hydroxyl groups is 2. The highest BCUT2D eigenvalue weighted by Gasteiger charge is 2.26. The zero-order chi connectivity index (χ0) is 12.5. The number of anilines is 1. The number of nitrogens with one attached hydrogen (secondary N) is 1. The third-order valence-corrected chi connectivity index (χ3v) is 3.45. The molecule has 0 radical (unpaired) electrons. The van der Waals surface area contributed by atoms with Crippen LogP contribution in [0.15, 0.2) is 23.5 Å². The molecule has 0 saturated heterocycles. The summed E-state index contributed by atoms with van der Waals surface area (Å²) >= 11 is 0. The number of allylic oxidation sites excluding steroid dienone is 1. The van der Waals surface area contributed by atoms with Crippen LogP contribution >= 0.6 is 0 Å². The molecular weight excluding hydrogens is 232 g/mol. The number of aliphatic hydroxyl groups excluding tert-OH is 2. The molecule has 18 heavy (non-hydrogen) atoms. The van der Waals surface area contributed by atoms with Crippen LogP contribution in [-0.2, 0) is 0 Å². The van der Waals surface area contributed by atoms with Gasteiger partial charge in [0.1, 0.15) is 17.6 Å². The molecule has 0 amide bonds. The molecule has 3 N–H and O–H groups in total. The zero-order valence-corrected chi connectivity index (χ0v) is 9.90. The molecule has 1 aliphatic carbocycles. The minimum absolute atomic E-state index is 0.168. The molecule has 6 nitrogen and oxygen atoms in total. The van der Waals surface area contributed by atoms with Gasteiger partial charge in [0.2, 0.25) is 0 Å². The Kier molecular flexibility index (Phi) is 2.89. The van der Waals surface area contributed by atoms with E-state index >= 15 is 0 Å². The number of hydrogen-bond acceptors (Lipinski definition) is 5. The van der Waals surface area contributed by atoms with Crippen molar-refractivity contribution < 1.29 is 10.2 Å². The minimum atomic E-state index is -0.661. The molecule has 2 heterocycles. The fourth-order valence-corrected chi connectivity index (χ4v) is 2.46. The quantitative estimate of drug-likeness (QED) is 0.665. The normalized spacial score (nSPS) is 30.0. The van der Waals surface area contributed by atoms with Gasteiger partial charge in [-0.1, -0.05) is 12.2 Å². The fraction of sp³-hybridized carbons (Fsp3) is 0.500. The Morgan fingerprint density at radius 1 is 1.44 bits per heavy atom. The molecule has 1 aromatic rings. The first kappa shape index (κ1) is 11.4. The number of aromatic nitrogens is 2. The summed E-state index contributed by atoms with van der Waals surface area (Å²) in [4.78, 5) is 8.31. The summed E-state index contributed by atoms with van der Waals surface area (Å²) in [7, 11) is 0. The second-order valence-corrected chi connectivity index (χ2v) is 4.67. The summed E-state index contributed by atoms with van der Waals surface area (Å²) < 4.78 is 1.99. The summed E-state index contributed by atoms with van der Waals surface area (Å²) in [6, 6.07) is 0.171. The zero-order valence-electron chi connectivity index (χ0n) is 9.90. The van der Waals surface area contributed by atoms with Crippen molar-refractivity contribution in [2.75, 3.05) is 18.5 Å². The van der Waals surface area contributed by atoms with Crippen molar-refractivity contribution in [3.63, 3.8) is 0 Å². The molecule has 1 unspecified atom stereocenters. The van der Waals surface area contributed by atoms with Crippen LogP contribution in [0.1, 0.15) is 24.3 Å². The number of imidazole rings is 1. The van der Waals surface area contributed by atoms with E-state index in [2.05, 4.69) is 21.4 Å². The van der Waals surface area contributed by atoms with Crippen LogP contribution in [0, 0.1) is 5.92 Å². The molecule has 1 aromatic heterocycles. The number of fused-ring (bicyclic) bond motifs is 1. The van der Waals surface area contributed by atoms with Crippen LogP contribution in [0.2, 0.25) is 0 Å². The average molecular weight is 248 g/mol. The van der Waals surface area contributed by atoms with Gasteiger partial charge in [-0.2, -0.15) is 0 Å². The van der Waals surface area contributed by atoms with Gasteiger partial charge < -0.3 is 20.1 Å². The van der Waals surface area contributed by atoms with E-state index in [1.807, 2.05) is 10.6 Å². The first-order valence-corrected chi connectivity index (χ1v) is 6.08. The number of hydrogen-bond donors (Lipinski definition) is 3. The lowest BCUT2D eigenvalue weighted by atomic mass is 10.1. The highest BCUT2D eigenvalue weighted by molar-refractivity contribution is 5.76. The molecule has 0 bridgehead atoms. The van der Waals surface area contributed by atoms with Crippen molar-refractivity contribution >= 4 is 12.2 Å². The molecule has 3 atom stereocenters. The second kappa shape index (κ2) is 4.55. The summed E-state index contributed by atoms with van der Waals surface area (Å²) in [5, 5.41) is 22.1. The molecule has 0 aromatic carbocycles. The highest BCUT2D eigenvalue weighted by atomic mass is 16.3. The third kappa shape index (κ3) is 1.83. The SMILES string of the molecule is OC[C@@H]1C=C[C@H](n2cnc3c2NC=NCC3O)C1. The Bertz CT molecular complexity index is 494. The maximum Gasteiger partial charge on any atom is 0.137 e. The van der Waals surface area contributed by atoms with E-state index in [1.165, 1.54) is 0 Å². The van der Waals surface area contributed by atoms with Crippen LogP contribution in [-0.4, -0.2) is 39.3 Å². The Labute approximate surface area is 105 Å². The molecule has 2 aliphatic rings. The molecule has 96 valence electrons. The van der Waals surface area contributed by atoms with E-state index in [0.29, 0.717) is 12.2 Å². The smallest absolute Gasteiger partial charge is 0.137 e. The van der Waals surface area contributed by atoms with E-state index in [0.717, 1.165) is 12.2 Å². The predicted molar refractivity (Wildman–Crippen MR) is 67.5 cm³/mol. The van der Waals surface area contributed by atoms with Crippen LogP contribution in [0.25, 0.3) is 0 Å². The summed E-state index contributed by atoms with van der Waals surface area (Å²) in [5.74, 6) is 0.995. The van der Waals surface area contributed by atoms with Gasteiger partial charge >= 0.3 is 0 Å². The van der Waals surface area contributed by atoms with Gasteiger partial charge in [0.15, 0.2) is 0 Å². The van der Waals surface area contributed by atoms with Crippen molar-refractivity contribution in [3.8, 4) is 0 Å². The predicted octanol–water partition coefficient (Wildman–Crippen LogP) is 0.480. The molecule has 1 aliphatic heterocycles. The van der Waals surface area contributed by atoms with Gasteiger partial charge in [0.25, 0.3) is 0 Å². The Morgan fingerprint density at radius 2 is 2.33 bits per heavy atom. The molecule has 0 fully saturated rings. The van der Waals surface area contributed by atoms with Crippen LogP contribution < -0.4 is 5.32 Å².